The van der Waals surface area contributed by atoms with Crippen LogP contribution in [0.25, 0.3) is 10.4 Å². The van der Waals surface area contributed by atoms with Crippen molar-refractivity contribution < 1.29 is 14.2 Å². The van der Waals surface area contributed by atoms with Crippen LogP contribution in [0.3, 0.4) is 0 Å². The van der Waals surface area contributed by atoms with Crippen molar-refractivity contribution in [3.63, 3.8) is 0 Å². The molecule has 2 saturated heterocycles. The summed E-state index contributed by atoms with van der Waals surface area (Å²) in [6.07, 6.45) is 0.432. The Labute approximate surface area is 87.4 Å². The first-order valence-corrected chi connectivity index (χ1v) is 4.75. The van der Waals surface area contributed by atoms with Gasteiger partial charge in [-0.25, -0.2) is 0 Å². The molecule has 2 aliphatic heterocycles. The summed E-state index contributed by atoms with van der Waals surface area (Å²) in [5, 5.41) is 3.66. The Morgan fingerprint density at radius 2 is 2.20 bits per heavy atom. The van der Waals surface area contributed by atoms with Crippen LogP contribution in [0, 0.1) is 0 Å². The normalized spacial score (nSPS) is 42.0. The molecule has 0 amide bonds. The summed E-state index contributed by atoms with van der Waals surface area (Å²) in [7, 11) is 0. The van der Waals surface area contributed by atoms with E-state index in [1.54, 1.807) is 19.9 Å². The fourth-order valence-electron chi connectivity index (χ4n) is 1.90. The zero-order chi connectivity index (χ0) is 11.1. The number of nitrogens with zero attached hydrogens (tertiary/aromatic N) is 3. The Bertz CT molecular complexity index is 325. The minimum atomic E-state index is -0.690. The van der Waals surface area contributed by atoms with Gasteiger partial charge >= 0.3 is 0 Å². The molecular formula is C9H13N3O3. The molecule has 0 aliphatic carbocycles. The van der Waals surface area contributed by atoms with Crippen molar-refractivity contribution in [1.82, 2.24) is 0 Å². The predicted molar refractivity (Wildman–Crippen MR) is 51.8 cm³/mol. The molecule has 6 nitrogen and oxygen atoms in total. The summed E-state index contributed by atoms with van der Waals surface area (Å²) >= 11 is 0. The Morgan fingerprint density at radius 3 is 2.80 bits per heavy atom. The molecule has 4 atom stereocenters. The number of azide groups is 1. The van der Waals surface area contributed by atoms with Crippen molar-refractivity contribution >= 4 is 0 Å². The Morgan fingerprint density at radius 1 is 1.47 bits per heavy atom. The average molecular weight is 211 g/mol. The van der Waals surface area contributed by atoms with E-state index in [4.69, 9.17) is 19.7 Å². The van der Waals surface area contributed by atoms with Crippen molar-refractivity contribution in [3.8, 4) is 0 Å². The summed E-state index contributed by atoms with van der Waals surface area (Å²) < 4.78 is 16.6. The van der Waals surface area contributed by atoms with E-state index >= 15 is 0 Å². The summed E-state index contributed by atoms with van der Waals surface area (Å²) in [5.41, 5.74) is 8.46. The van der Waals surface area contributed by atoms with Gasteiger partial charge in [-0.3, -0.25) is 0 Å². The molecule has 15 heavy (non-hydrogen) atoms. The second kappa shape index (κ2) is 3.50. The van der Waals surface area contributed by atoms with E-state index in [9.17, 15) is 0 Å². The lowest BCUT2D eigenvalue weighted by atomic mass is 10.1. The number of hydrogen-bond acceptors (Lipinski definition) is 4. The smallest absolute Gasteiger partial charge is 0.188 e. The summed E-state index contributed by atoms with van der Waals surface area (Å²) in [6, 6.07) is -0.403. The zero-order valence-corrected chi connectivity index (χ0v) is 8.66. The van der Waals surface area contributed by atoms with Crippen molar-refractivity contribution in [2.45, 2.75) is 44.2 Å². The highest BCUT2D eigenvalue weighted by molar-refractivity contribution is 5.04. The third kappa shape index (κ3) is 1.72. The minimum Gasteiger partial charge on any atom is -0.342 e. The molecule has 6 heteroatoms. The van der Waals surface area contributed by atoms with E-state index < -0.39 is 18.1 Å². The standard InChI is InChI=1S/C9H13N3O3/c1-4-5-6(11-12-10)7-8(13-5)15-9(2,3)14-7/h4-8H,1H2,2-3H3/t5-,6-,7-,8-/m1/s1. The van der Waals surface area contributed by atoms with Gasteiger partial charge in [0.1, 0.15) is 6.10 Å². The maximum atomic E-state index is 8.46. The molecule has 2 rings (SSSR count). The molecule has 2 fully saturated rings. The third-order valence-electron chi connectivity index (χ3n) is 2.47. The lowest BCUT2D eigenvalue weighted by molar-refractivity contribution is -0.201. The van der Waals surface area contributed by atoms with Gasteiger partial charge < -0.3 is 14.2 Å². The quantitative estimate of drug-likeness (QED) is 0.302. The van der Waals surface area contributed by atoms with Crippen LogP contribution in [0.4, 0.5) is 0 Å². The molecule has 0 aromatic rings. The van der Waals surface area contributed by atoms with Crippen molar-refractivity contribution in [2.75, 3.05) is 0 Å². The van der Waals surface area contributed by atoms with E-state index in [0.717, 1.165) is 0 Å². The highest BCUT2D eigenvalue weighted by atomic mass is 16.8. The van der Waals surface area contributed by atoms with E-state index in [-0.39, 0.29) is 12.2 Å². The van der Waals surface area contributed by atoms with Gasteiger partial charge in [-0.15, -0.1) is 6.58 Å². The first-order valence-electron chi connectivity index (χ1n) is 4.75. The van der Waals surface area contributed by atoms with E-state index in [1.165, 1.54) is 0 Å². The maximum Gasteiger partial charge on any atom is 0.188 e. The summed E-state index contributed by atoms with van der Waals surface area (Å²) in [5.74, 6) is -0.690. The van der Waals surface area contributed by atoms with Crippen LogP contribution < -0.4 is 0 Å². The van der Waals surface area contributed by atoms with Crippen molar-refractivity contribution in [3.05, 3.63) is 23.1 Å². The van der Waals surface area contributed by atoms with Crippen LogP contribution in [0.1, 0.15) is 13.8 Å². The Kier molecular flexibility index (Phi) is 2.44. The van der Waals surface area contributed by atoms with Crippen LogP contribution >= 0.6 is 0 Å². The molecule has 2 aliphatic rings. The molecule has 0 aromatic heterocycles. The van der Waals surface area contributed by atoms with Crippen LogP contribution in [-0.2, 0) is 14.2 Å². The molecule has 0 aromatic carbocycles. The summed E-state index contributed by atoms with van der Waals surface area (Å²) in [4.78, 5) is 2.79. The second-order valence-electron chi connectivity index (χ2n) is 4.00. The zero-order valence-electron chi connectivity index (χ0n) is 8.66. The van der Waals surface area contributed by atoms with E-state index in [2.05, 4.69) is 16.6 Å². The van der Waals surface area contributed by atoms with Gasteiger partial charge in [0.2, 0.25) is 0 Å². The highest BCUT2D eigenvalue weighted by Gasteiger charge is 2.53. The van der Waals surface area contributed by atoms with E-state index in [0.29, 0.717) is 0 Å². The number of rotatable bonds is 2. The lowest BCUT2D eigenvalue weighted by Gasteiger charge is -2.21. The fourth-order valence-corrected chi connectivity index (χ4v) is 1.90. The molecule has 0 bridgehead atoms. The van der Waals surface area contributed by atoms with Gasteiger partial charge in [0.15, 0.2) is 12.1 Å². The van der Waals surface area contributed by atoms with Crippen LogP contribution in [0.2, 0.25) is 0 Å². The fraction of sp³-hybridized carbons (Fsp3) is 0.778. The van der Waals surface area contributed by atoms with Crippen molar-refractivity contribution in [1.29, 1.82) is 0 Å². The molecular weight excluding hydrogens is 198 g/mol. The molecule has 82 valence electrons. The average Bonchev–Trinajstić information content (AvgIpc) is 2.60. The van der Waals surface area contributed by atoms with Crippen molar-refractivity contribution in [2.24, 2.45) is 5.11 Å². The van der Waals surface area contributed by atoms with Crippen LogP contribution in [0.5, 0.6) is 0 Å². The van der Waals surface area contributed by atoms with Crippen LogP contribution in [-0.4, -0.2) is 30.3 Å². The number of fused-ring (bicyclic) bond motifs is 1. The molecule has 0 N–H and O–H groups in total. The highest BCUT2D eigenvalue weighted by Crippen LogP contribution is 2.38. The third-order valence-corrected chi connectivity index (χ3v) is 2.47. The van der Waals surface area contributed by atoms with Gasteiger partial charge in [-0.05, 0) is 19.4 Å². The SMILES string of the molecule is C=C[C@H]1O[C@@H]2OC(C)(C)O[C@@H]2[C@@H]1N=[N+]=[N-]. The van der Waals surface area contributed by atoms with Crippen LogP contribution in [0.15, 0.2) is 17.8 Å². The Balaban J connectivity index is 2.20. The predicted octanol–water partition coefficient (Wildman–Crippen LogP) is 1.73. The van der Waals surface area contributed by atoms with Gasteiger partial charge in [-0.1, -0.05) is 11.2 Å². The molecule has 0 unspecified atom stereocenters. The van der Waals surface area contributed by atoms with E-state index in [1.807, 2.05) is 0 Å². The lowest BCUT2D eigenvalue weighted by Crippen LogP contribution is -2.32. The van der Waals surface area contributed by atoms with Gasteiger partial charge in [-0.2, -0.15) is 0 Å². The number of hydrogen-bond donors (Lipinski definition) is 0. The molecule has 0 saturated carbocycles. The monoisotopic (exact) mass is 211 g/mol. The maximum absolute atomic E-state index is 8.46. The molecule has 0 spiro atoms. The number of ether oxygens (including phenoxy) is 3. The largest absolute Gasteiger partial charge is 0.342 e. The van der Waals surface area contributed by atoms with Gasteiger partial charge in [0, 0.05) is 4.91 Å². The molecule has 2 heterocycles. The molecule has 0 radical (unpaired) electrons. The second-order valence-corrected chi connectivity index (χ2v) is 4.00. The summed E-state index contributed by atoms with van der Waals surface area (Å²) in [6.45, 7) is 7.21. The first kappa shape index (κ1) is 10.4. The Hall–Kier alpha value is -1.07. The minimum absolute atomic E-state index is 0.341. The van der Waals surface area contributed by atoms with Gasteiger partial charge in [0.25, 0.3) is 0 Å². The first-order chi connectivity index (χ1) is 7.07. The topological polar surface area (TPSA) is 76.5 Å². The van der Waals surface area contributed by atoms with Gasteiger partial charge in [0.05, 0.1) is 12.1 Å².